The van der Waals surface area contributed by atoms with E-state index in [0.717, 1.165) is 0 Å². The molecule has 4 nitrogen and oxygen atoms in total. The van der Waals surface area contributed by atoms with Gasteiger partial charge < -0.3 is 14.2 Å². The summed E-state index contributed by atoms with van der Waals surface area (Å²) in [5.74, 6) is 2.30. The van der Waals surface area contributed by atoms with E-state index in [-0.39, 0.29) is 13.4 Å². The molecule has 0 aromatic rings. The normalized spacial score (nSPS) is 8.64. The van der Waals surface area contributed by atoms with Crippen LogP contribution in [0.3, 0.4) is 0 Å². The summed E-state index contributed by atoms with van der Waals surface area (Å²) >= 11 is 0. The summed E-state index contributed by atoms with van der Waals surface area (Å²) in [7, 11) is 0. The summed E-state index contributed by atoms with van der Waals surface area (Å²) < 4.78 is 13.9. The van der Waals surface area contributed by atoms with Crippen molar-refractivity contribution in [2.24, 2.45) is 0 Å². The third kappa shape index (κ3) is 8.95. The van der Waals surface area contributed by atoms with Gasteiger partial charge in [0.25, 0.3) is 6.47 Å². The maximum Gasteiger partial charge on any atom is 0.295 e. The summed E-state index contributed by atoms with van der Waals surface area (Å²) in [5.41, 5.74) is 0. The first-order valence-corrected chi connectivity index (χ1v) is 3.06. The van der Waals surface area contributed by atoms with Crippen molar-refractivity contribution in [3.05, 3.63) is 0 Å². The molecule has 62 valence electrons. The molecular formula is C7H10O4. The largest absolute Gasteiger partial charge is 0.441 e. The Hall–Kier alpha value is -1.05. The Labute approximate surface area is 65.4 Å². The average Bonchev–Trinajstić information content (AvgIpc) is 2.03. The molecule has 0 bridgehead atoms. The molecule has 0 N–H and O–H groups in total. The number of carbonyl (C=O) groups excluding carboxylic acids is 1. The monoisotopic (exact) mass is 158 g/mol. The molecule has 0 spiro atoms. The van der Waals surface area contributed by atoms with Crippen molar-refractivity contribution >= 4 is 6.47 Å². The van der Waals surface area contributed by atoms with Crippen LogP contribution in [0, 0.1) is 12.3 Å². The zero-order valence-corrected chi connectivity index (χ0v) is 6.12. The Morgan fingerprint density at radius 1 is 1.36 bits per heavy atom. The topological polar surface area (TPSA) is 44.8 Å². The summed E-state index contributed by atoms with van der Waals surface area (Å²) in [4.78, 5) is 9.58. The van der Waals surface area contributed by atoms with Crippen molar-refractivity contribution < 1.29 is 19.0 Å². The van der Waals surface area contributed by atoms with E-state index in [1.165, 1.54) is 0 Å². The van der Waals surface area contributed by atoms with Gasteiger partial charge in [-0.1, -0.05) is 5.92 Å². The van der Waals surface area contributed by atoms with E-state index in [4.69, 9.17) is 15.9 Å². The fraction of sp³-hybridized carbons (Fsp3) is 0.571. The predicted molar refractivity (Wildman–Crippen MR) is 37.6 cm³/mol. The number of rotatable bonds is 7. The second-order valence-electron chi connectivity index (χ2n) is 1.55. The van der Waals surface area contributed by atoms with Crippen molar-refractivity contribution in [1.82, 2.24) is 0 Å². The Morgan fingerprint density at radius 2 is 2.09 bits per heavy atom. The molecule has 0 saturated carbocycles. The minimum absolute atomic E-state index is 0.0388. The van der Waals surface area contributed by atoms with Gasteiger partial charge >= 0.3 is 0 Å². The summed E-state index contributed by atoms with van der Waals surface area (Å²) in [5, 5.41) is 0. The molecule has 0 rings (SSSR count). The van der Waals surface area contributed by atoms with Crippen LogP contribution in [0.2, 0.25) is 0 Å². The smallest absolute Gasteiger partial charge is 0.295 e. The molecule has 0 radical (unpaired) electrons. The molecule has 0 atom stereocenters. The highest BCUT2D eigenvalue weighted by atomic mass is 16.7. The van der Waals surface area contributed by atoms with Gasteiger partial charge in [0.05, 0.1) is 13.2 Å². The van der Waals surface area contributed by atoms with Gasteiger partial charge in [-0.15, -0.1) is 6.42 Å². The lowest BCUT2D eigenvalue weighted by molar-refractivity contribution is -0.141. The highest BCUT2D eigenvalue weighted by Crippen LogP contribution is 1.77. The first-order valence-electron chi connectivity index (χ1n) is 3.06. The molecule has 0 aliphatic heterocycles. The first kappa shape index (κ1) is 9.95. The van der Waals surface area contributed by atoms with Crippen LogP contribution in [0.15, 0.2) is 0 Å². The summed E-state index contributed by atoms with van der Waals surface area (Å²) in [6.45, 7) is 1.34. The molecule has 0 saturated heterocycles. The SMILES string of the molecule is C#CCOCCOCOC=O. The van der Waals surface area contributed by atoms with Crippen molar-refractivity contribution in [3.8, 4) is 12.3 Å². The maximum absolute atomic E-state index is 9.58. The minimum Gasteiger partial charge on any atom is -0.441 e. The lowest BCUT2D eigenvalue weighted by Crippen LogP contribution is -2.06. The van der Waals surface area contributed by atoms with E-state index in [0.29, 0.717) is 19.7 Å². The van der Waals surface area contributed by atoms with Gasteiger partial charge in [-0.05, 0) is 0 Å². The zero-order valence-electron chi connectivity index (χ0n) is 6.12. The van der Waals surface area contributed by atoms with Crippen molar-refractivity contribution in [2.75, 3.05) is 26.6 Å². The summed E-state index contributed by atoms with van der Waals surface area (Å²) in [6, 6.07) is 0. The van der Waals surface area contributed by atoms with Gasteiger partial charge in [0.2, 0.25) is 0 Å². The number of ether oxygens (including phenoxy) is 3. The van der Waals surface area contributed by atoms with Crippen LogP contribution in [0.4, 0.5) is 0 Å². The fourth-order valence-electron chi connectivity index (χ4n) is 0.384. The Balaban J connectivity index is 2.80. The van der Waals surface area contributed by atoms with Crippen molar-refractivity contribution in [2.45, 2.75) is 0 Å². The minimum atomic E-state index is -0.0388. The number of hydrogen-bond acceptors (Lipinski definition) is 4. The Bertz CT molecular complexity index is 127. The van der Waals surface area contributed by atoms with Gasteiger partial charge in [0.15, 0.2) is 6.79 Å². The molecule has 0 aromatic heterocycles. The highest BCUT2D eigenvalue weighted by Gasteiger charge is 1.86. The van der Waals surface area contributed by atoms with E-state index in [1.807, 2.05) is 0 Å². The highest BCUT2D eigenvalue weighted by molar-refractivity contribution is 5.36. The van der Waals surface area contributed by atoms with Gasteiger partial charge in [-0.3, -0.25) is 4.79 Å². The lowest BCUT2D eigenvalue weighted by Gasteiger charge is -2.01. The van der Waals surface area contributed by atoms with Crippen molar-refractivity contribution in [3.63, 3.8) is 0 Å². The second-order valence-corrected chi connectivity index (χ2v) is 1.55. The third-order valence-corrected chi connectivity index (χ3v) is 0.777. The molecule has 0 aliphatic carbocycles. The fourth-order valence-corrected chi connectivity index (χ4v) is 0.384. The lowest BCUT2D eigenvalue weighted by atomic mass is 10.7. The van der Waals surface area contributed by atoms with Crippen LogP contribution in [0.1, 0.15) is 0 Å². The molecule has 0 unspecified atom stereocenters. The Kier molecular flexibility index (Phi) is 8.10. The van der Waals surface area contributed by atoms with Gasteiger partial charge in [-0.25, -0.2) is 0 Å². The molecule has 0 aromatic carbocycles. The van der Waals surface area contributed by atoms with E-state index in [2.05, 4.69) is 10.7 Å². The zero-order chi connectivity index (χ0) is 8.36. The number of hydrogen-bond donors (Lipinski definition) is 0. The molecule has 0 heterocycles. The second kappa shape index (κ2) is 8.95. The van der Waals surface area contributed by atoms with Crippen LogP contribution in [-0.2, 0) is 19.0 Å². The third-order valence-electron chi connectivity index (χ3n) is 0.777. The maximum atomic E-state index is 9.58. The molecule has 4 heteroatoms. The van der Waals surface area contributed by atoms with Gasteiger partial charge in [-0.2, -0.15) is 0 Å². The van der Waals surface area contributed by atoms with Crippen LogP contribution < -0.4 is 0 Å². The molecule has 0 amide bonds. The standard InChI is InChI=1S/C7H10O4/c1-2-3-9-4-5-10-7-11-6-8/h1,6H,3-5,7H2. The first-order chi connectivity index (χ1) is 5.41. The van der Waals surface area contributed by atoms with E-state index in [9.17, 15) is 4.79 Å². The van der Waals surface area contributed by atoms with E-state index >= 15 is 0 Å². The molecule has 11 heavy (non-hydrogen) atoms. The van der Waals surface area contributed by atoms with Crippen LogP contribution in [-0.4, -0.2) is 33.1 Å². The number of terminal acetylenes is 1. The van der Waals surface area contributed by atoms with E-state index < -0.39 is 0 Å². The average molecular weight is 158 g/mol. The number of carbonyl (C=O) groups is 1. The quantitative estimate of drug-likeness (QED) is 0.222. The Morgan fingerprint density at radius 3 is 2.73 bits per heavy atom. The van der Waals surface area contributed by atoms with Crippen LogP contribution in [0.25, 0.3) is 0 Å². The molecule has 0 aliphatic rings. The van der Waals surface area contributed by atoms with Crippen LogP contribution >= 0.6 is 0 Å². The van der Waals surface area contributed by atoms with E-state index in [1.54, 1.807) is 0 Å². The summed E-state index contributed by atoms with van der Waals surface area (Å²) in [6.07, 6.45) is 4.90. The van der Waals surface area contributed by atoms with Gasteiger partial charge in [0.1, 0.15) is 6.61 Å². The molecule has 0 fully saturated rings. The van der Waals surface area contributed by atoms with Crippen LogP contribution in [0.5, 0.6) is 0 Å². The predicted octanol–water partition coefficient (Wildman–Crippen LogP) is -0.217. The van der Waals surface area contributed by atoms with Crippen molar-refractivity contribution in [1.29, 1.82) is 0 Å². The molecular weight excluding hydrogens is 148 g/mol. The van der Waals surface area contributed by atoms with Gasteiger partial charge in [0, 0.05) is 0 Å².